The second-order valence-electron chi connectivity index (χ2n) is 7.55. The number of nitrogens with one attached hydrogen (secondary N) is 1. The van der Waals surface area contributed by atoms with Crippen LogP contribution in [0, 0.1) is 13.8 Å². The van der Waals surface area contributed by atoms with Crippen molar-refractivity contribution >= 4 is 11.9 Å². The van der Waals surface area contributed by atoms with Gasteiger partial charge in [-0.25, -0.2) is 9.48 Å². The first-order valence-corrected chi connectivity index (χ1v) is 9.99. The van der Waals surface area contributed by atoms with Gasteiger partial charge in [0.05, 0.1) is 6.54 Å². The van der Waals surface area contributed by atoms with Crippen LogP contribution in [0.2, 0.25) is 0 Å². The number of hydrogen-bond acceptors (Lipinski definition) is 5. The molecule has 4 rings (SSSR count). The van der Waals surface area contributed by atoms with Crippen LogP contribution in [-0.2, 0) is 23.4 Å². The lowest BCUT2D eigenvalue weighted by molar-refractivity contribution is -0.130. The quantitative estimate of drug-likeness (QED) is 0.638. The lowest BCUT2D eigenvalue weighted by atomic mass is 9.81. The molecule has 30 heavy (non-hydrogen) atoms. The van der Waals surface area contributed by atoms with Gasteiger partial charge in [-0.05, 0) is 52.9 Å². The number of aryl methyl sites for hydroxylation is 3. The van der Waals surface area contributed by atoms with E-state index in [-0.39, 0.29) is 12.5 Å². The fourth-order valence-corrected chi connectivity index (χ4v) is 3.80. The van der Waals surface area contributed by atoms with Gasteiger partial charge in [0.1, 0.15) is 0 Å². The standard InChI is InChI=1S/C22H24N6O2/c1-4-12-28-19(24-25-26-28)14-27-20(29)22(23-21(27)30,17-8-6-5-7-9-17)18-11-10-15(2)16(3)13-18/h5-11,13H,4,12,14H2,1-3H3,(H,23,30)/t22-/m1/s1. The lowest BCUT2D eigenvalue weighted by Crippen LogP contribution is -2.45. The molecular weight excluding hydrogens is 380 g/mol. The fourth-order valence-electron chi connectivity index (χ4n) is 3.80. The summed E-state index contributed by atoms with van der Waals surface area (Å²) in [5.74, 6) is 0.136. The maximum atomic E-state index is 13.8. The molecule has 154 valence electrons. The zero-order valence-electron chi connectivity index (χ0n) is 17.3. The van der Waals surface area contributed by atoms with Gasteiger partial charge in [0.15, 0.2) is 11.4 Å². The molecule has 1 saturated heterocycles. The Bertz CT molecular complexity index is 1090. The van der Waals surface area contributed by atoms with Crippen LogP contribution in [0.25, 0.3) is 0 Å². The molecular formula is C22H24N6O2. The van der Waals surface area contributed by atoms with Crippen LogP contribution in [0.15, 0.2) is 48.5 Å². The summed E-state index contributed by atoms with van der Waals surface area (Å²) in [6, 6.07) is 14.7. The Kier molecular flexibility index (Phi) is 5.07. The highest BCUT2D eigenvalue weighted by Crippen LogP contribution is 2.37. The molecule has 1 N–H and O–H groups in total. The first-order valence-electron chi connectivity index (χ1n) is 9.99. The van der Waals surface area contributed by atoms with Crippen LogP contribution >= 0.6 is 0 Å². The van der Waals surface area contributed by atoms with E-state index in [0.717, 1.165) is 23.1 Å². The SMILES string of the molecule is CCCn1nnnc1CN1C(=O)N[C@](c2ccccc2)(c2ccc(C)c(C)c2)C1=O. The highest BCUT2D eigenvalue weighted by atomic mass is 16.2. The molecule has 1 fully saturated rings. The third kappa shape index (κ3) is 3.14. The van der Waals surface area contributed by atoms with E-state index in [9.17, 15) is 9.59 Å². The van der Waals surface area contributed by atoms with E-state index in [1.807, 2.05) is 69.3 Å². The highest BCUT2D eigenvalue weighted by Gasteiger charge is 2.54. The van der Waals surface area contributed by atoms with Crippen molar-refractivity contribution in [2.45, 2.75) is 45.8 Å². The van der Waals surface area contributed by atoms with Gasteiger partial charge in [-0.15, -0.1) is 5.10 Å². The number of benzene rings is 2. The number of nitrogens with zero attached hydrogens (tertiary/aromatic N) is 5. The summed E-state index contributed by atoms with van der Waals surface area (Å²) < 4.78 is 1.62. The number of urea groups is 1. The number of carbonyl (C=O) groups excluding carboxylic acids is 2. The van der Waals surface area contributed by atoms with Crippen molar-refractivity contribution in [3.05, 3.63) is 76.6 Å². The summed E-state index contributed by atoms with van der Waals surface area (Å²) in [5, 5.41) is 14.6. The molecule has 2 aromatic carbocycles. The highest BCUT2D eigenvalue weighted by molar-refractivity contribution is 6.09. The number of aromatic nitrogens is 4. The summed E-state index contributed by atoms with van der Waals surface area (Å²) in [6.07, 6.45) is 0.842. The normalized spacial score (nSPS) is 18.7. The van der Waals surface area contributed by atoms with Crippen molar-refractivity contribution in [1.29, 1.82) is 0 Å². The zero-order valence-corrected chi connectivity index (χ0v) is 17.3. The van der Waals surface area contributed by atoms with Crippen molar-refractivity contribution in [1.82, 2.24) is 30.4 Å². The van der Waals surface area contributed by atoms with Gasteiger partial charge >= 0.3 is 6.03 Å². The number of tetrazole rings is 1. The number of carbonyl (C=O) groups is 2. The second-order valence-corrected chi connectivity index (χ2v) is 7.55. The summed E-state index contributed by atoms with van der Waals surface area (Å²) in [6.45, 7) is 6.65. The molecule has 0 bridgehead atoms. The first kappa shape index (κ1) is 19.8. The van der Waals surface area contributed by atoms with E-state index < -0.39 is 11.6 Å². The Balaban J connectivity index is 1.80. The predicted octanol–water partition coefficient (Wildman–Crippen LogP) is 2.70. The summed E-state index contributed by atoms with van der Waals surface area (Å²) in [4.78, 5) is 28.0. The Labute approximate surface area is 174 Å². The van der Waals surface area contributed by atoms with Gasteiger partial charge in [-0.2, -0.15) is 0 Å². The maximum Gasteiger partial charge on any atom is 0.325 e. The second kappa shape index (κ2) is 7.70. The topological polar surface area (TPSA) is 93.0 Å². The van der Waals surface area contributed by atoms with Crippen molar-refractivity contribution < 1.29 is 9.59 Å². The molecule has 2 heterocycles. The van der Waals surface area contributed by atoms with E-state index in [2.05, 4.69) is 20.8 Å². The molecule has 1 aliphatic rings. The Morgan fingerprint density at radius 2 is 1.77 bits per heavy atom. The Hall–Kier alpha value is -3.55. The molecule has 0 saturated carbocycles. The molecule has 8 nitrogen and oxygen atoms in total. The van der Waals surface area contributed by atoms with Crippen molar-refractivity contribution in [2.24, 2.45) is 0 Å². The van der Waals surface area contributed by atoms with Crippen LogP contribution < -0.4 is 5.32 Å². The minimum absolute atomic E-state index is 0.0110. The van der Waals surface area contributed by atoms with Crippen LogP contribution in [0.5, 0.6) is 0 Å². The predicted molar refractivity (Wildman–Crippen MR) is 110 cm³/mol. The third-order valence-electron chi connectivity index (χ3n) is 5.59. The molecule has 0 unspecified atom stereocenters. The van der Waals surface area contributed by atoms with Crippen LogP contribution in [-0.4, -0.2) is 37.0 Å². The molecule has 0 aliphatic carbocycles. The van der Waals surface area contributed by atoms with E-state index in [4.69, 9.17) is 0 Å². The minimum Gasteiger partial charge on any atom is -0.315 e. The fraction of sp³-hybridized carbons (Fsp3) is 0.318. The van der Waals surface area contributed by atoms with E-state index in [1.54, 1.807) is 4.68 Å². The first-order chi connectivity index (χ1) is 14.5. The molecule has 3 amide bonds. The maximum absolute atomic E-state index is 13.8. The van der Waals surface area contributed by atoms with Gasteiger partial charge in [0.25, 0.3) is 5.91 Å². The van der Waals surface area contributed by atoms with E-state index in [0.29, 0.717) is 17.9 Å². The smallest absolute Gasteiger partial charge is 0.315 e. The van der Waals surface area contributed by atoms with Gasteiger partial charge in [0, 0.05) is 6.54 Å². The van der Waals surface area contributed by atoms with Crippen molar-refractivity contribution in [3.63, 3.8) is 0 Å². The zero-order chi connectivity index (χ0) is 21.3. The van der Waals surface area contributed by atoms with E-state index >= 15 is 0 Å². The molecule has 1 atom stereocenters. The minimum atomic E-state index is -1.29. The van der Waals surface area contributed by atoms with Crippen LogP contribution in [0.4, 0.5) is 4.79 Å². The Morgan fingerprint density at radius 3 is 2.47 bits per heavy atom. The summed E-state index contributed by atoms with van der Waals surface area (Å²) in [7, 11) is 0. The van der Waals surface area contributed by atoms with Crippen molar-refractivity contribution in [3.8, 4) is 0 Å². The molecule has 8 heteroatoms. The van der Waals surface area contributed by atoms with Crippen LogP contribution in [0.1, 0.15) is 41.4 Å². The Morgan fingerprint density at radius 1 is 1.00 bits per heavy atom. The number of imide groups is 1. The van der Waals surface area contributed by atoms with Gasteiger partial charge in [-0.1, -0.05) is 55.5 Å². The average Bonchev–Trinajstić information content (AvgIpc) is 3.29. The monoisotopic (exact) mass is 404 g/mol. The number of rotatable bonds is 6. The van der Waals surface area contributed by atoms with Gasteiger partial charge in [0.2, 0.25) is 0 Å². The summed E-state index contributed by atoms with van der Waals surface area (Å²) in [5.41, 5.74) is 2.32. The largest absolute Gasteiger partial charge is 0.325 e. The van der Waals surface area contributed by atoms with Crippen LogP contribution in [0.3, 0.4) is 0 Å². The average molecular weight is 404 g/mol. The number of amides is 3. The van der Waals surface area contributed by atoms with Gasteiger partial charge < -0.3 is 5.32 Å². The molecule has 3 aromatic rings. The van der Waals surface area contributed by atoms with Crippen molar-refractivity contribution in [2.75, 3.05) is 0 Å². The number of hydrogen-bond donors (Lipinski definition) is 1. The van der Waals surface area contributed by atoms with Gasteiger partial charge in [-0.3, -0.25) is 9.69 Å². The molecule has 1 aliphatic heterocycles. The molecule has 1 aromatic heterocycles. The summed E-state index contributed by atoms with van der Waals surface area (Å²) >= 11 is 0. The lowest BCUT2D eigenvalue weighted by Gasteiger charge is -2.28. The van der Waals surface area contributed by atoms with E-state index in [1.165, 1.54) is 4.90 Å². The molecule has 0 spiro atoms. The third-order valence-corrected chi connectivity index (χ3v) is 5.59. The molecule has 0 radical (unpaired) electrons.